The van der Waals surface area contributed by atoms with Crippen LogP contribution in [0.5, 0.6) is 11.5 Å². The van der Waals surface area contributed by atoms with E-state index in [-0.39, 0.29) is 26.2 Å². The van der Waals surface area contributed by atoms with Gasteiger partial charge in [-0.15, -0.1) is 12.0 Å². The van der Waals surface area contributed by atoms with Crippen LogP contribution in [0.25, 0.3) is 11.1 Å². The molecule has 4 aromatic carbocycles. The summed E-state index contributed by atoms with van der Waals surface area (Å²) in [6.07, 6.45) is 11.0. The first-order valence-electron chi connectivity index (χ1n) is 10.5. The number of phenols is 2. The molecule has 0 bridgehead atoms. The maximum absolute atomic E-state index is 8.63. The SMILES string of the molecule is Oc1ccccc1.Oc1ccccc1.[C-]1=CC=CC1.[Zr+2].[c-]1cccc2c1Cc1ccccc1-2. The fraction of sp³-hybridized carbons (Fsp3) is 0.0667. The summed E-state index contributed by atoms with van der Waals surface area (Å²) in [5.41, 5.74) is 5.51. The van der Waals surface area contributed by atoms with Crippen molar-refractivity contribution in [3.63, 3.8) is 0 Å². The van der Waals surface area contributed by atoms with Gasteiger partial charge >= 0.3 is 26.2 Å². The summed E-state index contributed by atoms with van der Waals surface area (Å²) in [7, 11) is 0. The third kappa shape index (κ3) is 9.08. The maximum atomic E-state index is 8.63. The van der Waals surface area contributed by atoms with Gasteiger partial charge < -0.3 is 10.2 Å². The molecule has 0 aliphatic heterocycles. The van der Waals surface area contributed by atoms with Gasteiger partial charge in [-0.2, -0.15) is 35.9 Å². The third-order valence-electron chi connectivity index (χ3n) is 4.71. The first kappa shape index (κ1) is 26.1. The van der Waals surface area contributed by atoms with Gasteiger partial charge in [0.15, 0.2) is 0 Å². The van der Waals surface area contributed by atoms with Crippen LogP contribution < -0.4 is 0 Å². The van der Waals surface area contributed by atoms with Crippen LogP contribution in [0, 0.1) is 12.1 Å². The predicted octanol–water partition coefficient (Wildman–Crippen LogP) is 7.15. The van der Waals surface area contributed by atoms with Gasteiger partial charge in [-0.1, -0.05) is 71.8 Å². The van der Waals surface area contributed by atoms with E-state index in [0.29, 0.717) is 11.5 Å². The van der Waals surface area contributed by atoms with Crippen molar-refractivity contribution < 1.29 is 36.4 Å². The average molecular weight is 510 g/mol. The van der Waals surface area contributed by atoms with Crippen molar-refractivity contribution in [2.45, 2.75) is 12.8 Å². The zero-order chi connectivity index (χ0) is 22.4. The van der Waals surface area contributed by atoms with Crippen LogP contribution >= 0.6 is 0 Å². The van der Waals surface area contributed by atoms with E-state index < -0.39 is 0 Å². The Bertz CT molecular complexity index is 1050. The predicted molar refractivity (Wildman–Crippen MR) is 131 cm³/mol. The molecule has 2 N–H and O–H groups in total. The van der Waals surface area contributed by atoms with Crippen LogP contribution in [-0.4, -0.2) is 10.2 Å². The van der Waals surface area contributed by atoms with Crippen molar-refractivity contribution in [2.24, 2.45) is 0 Å². The Hall–Kier alpha value is -3.16. The molecular formula is C30H26O2Zr. The molecule has 3 heteroatoms. The summed E-state index contributed by atoms with van der Waals surface area (Å²) < 4.78 is 0. The Balaban J connectivity index is 0.000000166. The summed E-state index contributed by atoms with van der Waals surface area (Å²) in [6.45, 7) is 0. The molecule has 0 radical (unpaired) electrons. The Morgan fingerprint density at radius 1 is 0.636 bits per heavy atom. The van der Waals surface area contributed by atoms with E-state index in [1.165, 1.54) is 22.3 Å². The third-order valence-corrected chi connectivity index (χ3v) is 4.71. The number of hydrogen-bond acceptors (Lipinski definition) is 2. The average Bonchev–Trinajstić information content (AvgIpc) is 3.53. The summed E-state index contributed by atoms with van der Waals surface area (Å²) in [5.74, 6) is 0.644. The molecule has 0 fully saturated rings. The zero-order valence-electron chi connectivity index (χ0n) is 18.4. The largest absolute Gasteiger partial charge is 2.00 e. The minimum absolute atomic E-state index is 0. The van der Waals surface area contributed by atoms with Crippen molar-refractivity contribution in [1.82, 2.24) is 0 Å². The number of rotatable bonds is 0. The monoisotopic (exact) mass is 508 g/mol. The van der Waals surface area contributed by atoms with E-state index >= 15 is 0 Å². The quantitative estimate of drug-likeness (QED) is 0.218. The van der Waals surface area contributed by atoms with Gasteiger partial charge in [-0.25, -0.2) is 12.2 Å². The number of aromatic hydroxyl groups is 2. The molecule has 0 amide bonds. The molecule has 2 aliphatic rings. The molecule has 6 rings (SSSR count). The molecule has 0 aromatic heterocycles. The van der Waals surface area contributed by atoms with Crippen LogP contribution in [0.2, 0.25) is 0 Å². The zero-order valence-corrected chi connectivity index (χ0v) is 20.8. The first-order chi connectivity index (χ1) is 15.7. The number of hydrogen-bond donors (Lipinski definition) is 2. The van der Waals surface area contributed by atoms with E-state index in [9.17, 15) is 0 Å². The minimum Gasteiger partial charge on any atom is -0.508 e. The second-order valence-corrected chi connectivity index (χ2v) is 7.07. The van der Waals surface area contributed by atoms with Crippen molar-refractivity contribution in [3.8, 4) is 22.6 Å². The Morgan fingerprint density at radius 3 is 1.70 bits per heavy atom. The van der Waals surface area contributed by atoms with E-state index in [1.807, 2.05) is 30.4 Å². The summed E-state index contributed by atoms with van der Waals surface area (Å²) in [6, 6.07) is 35.5. The van der Waals surface area contributed by atoms with Crippen molar-refractivity contribution in [2.75, 3.05) is 0 Å². The number of para-hydroxylation sites is 2. The van der Waals surface area contributed by atoms with Crippen LogP contribution in [0.4, 0.5) is 0 Å². The van der Waals surface area contributed by atoms with Gasteiger partial charge in [0.25, 0.3) is 0 Å². The van der Waals surface area contributed by atoms with Crippen LogP contribution in [0.15, 0.2) is 121 Å². The summed E-state index contributed by atoms with van der Waals surface area (Å²) in [4.78, 5) is 0. The minimum atomic E-state index is 0. The molecule has 0 saturated heterocycles. The van der Waals surface area contributed by atoms with Crippen molar-refractivity contribution in [3.05, 3.63) is 145 Å². The molecule has 2 aliphatic carbocycles. The number of benzene rings is 4. The fourth-order valence-corrected chi connectivity index (χ4v) is 3.19. The first-order valence-corrected chi connectivity index (χ1v) is 10.5. The Kier molecular flexibility index (Phi) is 11.7. The maximum Gasteiger partial charge on any atom is 2.00 e. The van der Waals surface area contributed by atoms with Crippen LogP contribution in [-0.2, 0) is 32.6 Å². The van der Waals surface area contributed by atoms with Gasteiger partial charge in [-0.3, -0.25) is 6.08 Å². The Labute approximate surface area is 215 Å². The van der Waals surface area contributed by atoms with E-state index in [0.717, 1.165) is 12.8 Å². The molecular weight excluding hydrogens is 484 g/mol. The van der Waals surface area contributed by atoms with Gasteiger partial charge in [0.2, 0.25) is 0 Å². The second-order valence-electron chi connectivity index (χ2n) is 7.07. The Morgan fingerprint density at radius 2 is 1.21 bits per heavy atom. The normalized spacial score (nSPS) is 11.2. The summed E-state index contributed by atoms with van der Waals surface area (Å²) >= 11 is 0. The topological polar surface area (TPSA) is 40.5 Å². The molecule has 0 atom stereocenters. The van der Waals surface area contributed by atoms with Crippen LogP contribution in [0.3, 0.4) is 0 Å². The fourth-order valence-electron chi connectivity index (χ4n) is 3.19. The molecule has 4 aromatic rings. The molecule has 0 spiro atoms. The smallest absolute Gasteiger partial charge is 0.508 e. The summed E-state index contributed by atoms with van der Waals surface area (Å²) in [5, 5.41) is 17.3. The molecule has 33 heavy (non-hydrogen) atoms. The van der Waals surface area contributed by atoms with Crippen molar-refractivity contribution >= 4 is 0 Å². The van der Waals surface area contributed by atoms with E-state index in [2.05, 4.69) is 54.6 Å². The van der Waals surface area contributed by atoms with Gasteiger partial charge in [0, 0.05) is 0 Å². The number of phenolic OH excluding ortho intramolecular Hbond substituents is 2. The molecule has 0 saturated carbocycles. The second kappa shape index (κ2) is 14.8. The molecule has 0 unspecified atom stereocenters. The van der Waals surface area contributed by atoms with Crippen LogP contribution in [0.1, 0.15) is 17.5 Å². The number of fused-ring (bicyclic) bond motifs is 3. The van der Waals surface area contributed by atoms with E-state index in [1.54, 1.807) is 48.5 Å². The molecule has 162 valence electrons. The molecule has 0 heterocycles. The van der Waals surface area contributed by atoms with Gasteiger partial charge in [0.05, 0.1) is 0 Å². The standard InChI is InChI=1S/C13H9.2C6H6O.C5H5.Zr/c1-3-7-12-10(5-1)9-11-6-2-4-8-13(11)12;2*7-6-4-2-1-3-5-6;1-2-4-5-3-1;/h1-5,7-8H,9H2;2*1-5,7H;1-3H,4H2;/q-1;;;-1;+2. The van der Waals surface area contributed by atoms with Crippen molar-refractivity contribution in [1.29, 1.82) is 0 Å². The van der Waals surface area contributed by atoms with Gasteiger partial charge in [-0.05, 0) is 30.7 Å². The molecule has 2 nitrogen and oxygen atoms in total. The number of allylic oxidation sites excluding steroid dienone is 4. The van der Waals surface area contributed by atoms with Gasteiger partial charge in [0.1, 0.15) is 11.5 Å². The van der Waals surface area contributed by atoms with E-state index in [4.69, 9.17) is 10.2 Å².